The molecule has 1 heterocycles. The number of allylic oxidation sites excluding steroid dienone is 1. The second kappa shape index (κ2) is 6.70. The maximum Gasteiger partial charge on any atom is 0.231 e. The zero-order chi connectivity index (χ0) is 14.4. The Morgan fingerprint density at radius 2 is 2.15 bits per heavy atom. The number of carbonyl (C=O) groups excluding carboxylic acids is 1. The summed E-state index contributed by atoms with van der Waals surface area (Å²) in [6, 6.07) is 9.85. The third-order valence-electron chi connectivity index (χ3n) is 3.01. The molecule has 0 aliphatic heterocycles. The van der Waals surface area contributed by atoms with Gasteiger partial charge in [0.1, 0.15) is 5.69 Å². The topological polar surface area (TPSA) is 55.1 Å². The standard InChI is InChI=1S/C16H18N2O2/c1-3-5-6-15(19)17-16-11-14(18-20-16)13-9-7-12(4-2)8-10-13/h3,7-11H,1,4-6H2,2H3,(H,17,19). The quantitative estimate of drug-likeness (QED) is 0.812. The Balaban J connectivity index is 2.04. The van der Waals surface area contributed by atoms with E-state index in [0.29, 0.717) is 24.4 Å². The zero-order valence-electron chi connectivity index (χ0n) is 11.6. The van der Waals surface area contributed by atoms with Crippen LogP contribution in [-0.2, 0) is 11.2 Å². The van der Waals surface area contributed by atoms with Gasteiger partial charge in [0.2, 0.25) is 11.8 Å². The Bertz CT molecular complexity index is 585. The molecule has 1 aromatic heterocycles. The lowest BCUT2D eigenvalue weighted by Gasteiger charge is -1.98. The van der Waals surface area contributed by atoms with Crippen LogP contribution in [0.5, 0.6) is 0 Å². The number of hydrogen-bond donors (Lipinski definition) is 1. The van der Waals surface area contributed by atoms with Crippen LogP contribution >= 0.6 is 0 Å². The number of nitrogens with one attached hydrogen (secondary N) is 1. The molecule has 0 aliphatic carbocycles. The van der Waals surface area contributed by atoms with E-state index in [9.17, 15) is 4.79 Å². The van der Waals surface area contributed by atoms with Crippen LogP contribution < -0.4 is 5.32 Å². The molecule has 1 N–H and O–H groups in total. The average molecular weight is 270 g/mol. The summed E-state index contributed by atoms with van der Waals surface area (Å²) >= 11 is 0. The Morgan fingerprint density at radius 3 is 2.80 bits per heavy atom. The van der Waals surface area contributed by atoms with Crippen molar-refractivity contribution in [2.24, 2.45) is 0 Å². The molecule has 0 aliphatic rings. The highest BCUT2D eigenvalue weighted by atomic mass is 16.5. The summed E-state index contributed by atoms with van der Waals surface area (Å²) in [5, 5.41) is 6.64. The van der Waals surface area contributed by atoms with Crippen molar-refractivity contribution in [3.05, 3.63) is 48.6 Å². The van der Waals surface area contributed by atoms with Crippen molar-refractivity contribution in [3.63, 3.8) is 0 Å². The SMILES string of the molecule is C=CCCC(=O)Nc1cc(-c2ccc(CC)cc2)no1. The van der Waals surface area contributed by atoms with Gasteiger partial charge in [0.25, 0.3) is 0 Å². The Kier molecular flexibility index (Phi) is 4.71. The van der Waals surface area contributed by atoms with Crippen molar-refractivity contribution >= 4 is 11.8 Å². The molecule has 2 rings (SSSR count). The Hall–Kier alpha value is -2.36. The lowest BCUT2D eigenvalue weighted by atomic mass is 10.1. The van der Waals surface area contributed by atoms with Crippen LogP contribution in [0.1, 0.15) is 25.3 Å². The van der Waals surface area contributed by atoms with E-state index in [1.54, 1.807) is 12.1 Å². The van der Waals surface area contributed by atoms with Crippen molar-refractivity contribution in [2.75, 3.05) is 5.32 Å². The van der Waals surface area contributed by atoms with Crippen molar-refractivity contribution in [2.45, 2.75) is 26.2 Å². The number of nitrogens with zero attached hydrogens (tertiary/aromatic N) is 1. The summed E-state index contributed by atoms with van der Waals surface area (Å²) in [5.41, 5.74) is 2.96. The van der Waals surface area contributed by atoms with Gasteiger partial charge in [-0.15, -0.1) is 6.58 Å². The van der Waals surface area contributed by atoms with E-state index in [0.717, 1.165) is 12.0 Å². The molecule has 0 radical (unpaired) electrons. The highest BCUT2D eigenvalue weighted by molar-refractivity contribution is 5.89. The van der Waals surface area contributed by atoms with E-state index >= 15 is 0 Å². The van der Waals surface area contributed by atoms with Crippen LogP contribution in [0.4, 0.5) is 5.88 Å². The van der Waals surface area contributed by atoms with Gasteiger partial charge in [0, 0.05) is 18.1 Å². The molecule has 104 valence electrons. The van der Waals surface area contributed by atoms with Gasteiger partial charge >= 0.3 is 0 Å². The van der Waals surface area contributed by atoms with Gasteiger partial charge in [0.15, 0.2) is 0 Å². The monoisotopic (exact) mass is 270 g/mol. The average Bonchev–Trinajstić information content (AvgIpc) is 2.93. The Morgan fingerprint density at radius 1 is 1.40 bits per heavy atom. The molecule has 0 fully saturated rings. The predicted molar refractivity (Wildman–Crippen MR) is 79.4 cm³/mol. The summed E-state index contributed by atoms with van der Waals surface area (Å²) in [5.74, 6) is 0.266. The Labute approximate surface area is 118 Å². The summed E-state index contributed by atoms with van der Waals surface area (Å²) in [6.45, 7) is 5.69. The van der Waals surface area contributed by atoms with E-state index in [1.165, 1.54) is 5.56 Å². The van der Waals surface area contributed by atoms with Crippen molar-refractivity contribution in [1.29, 1.82) is 0 Å². The first-order chi connectivity index (χ1) is 9.72. The minimum Gasteiger partial charge on any atom is -0.338 e. The molecule has 0 spiro atoms. The van der Waals surface area contributed by atoms with Gasteiger partial charge in [-0.05, 0) is 18.4 Å². The first kappa shape index (κ1) is 14.1. The van der Waals surface area contributed by atoms with Gasteiger partial charge in [-0.1, -0.05) is 42.4 Å². The number of carbonyl (C=O) groups is 1. The second-order valence-electron chi connectivity index (χ2n) is 4.50. The van der Waals surface area contributed by atoms with Crippen LogP contribution in [0.15, 0.2) is 47.5 Å². The summed E-state index contributed by atoms with van der Waals surface area (Å²) in [4.78, 5) is 11.6. The molecule has 0 atom stereocenters. The van der Waals surface area contributed by atoms with E-state index in [4.69, 9.17) is 4.52 Å². The van der Waals surface area contributed by atoms with Crippen LogP contribution in [0, 0.1) is 0 Å². The van der Waals surface area contributed by atoms with Crippen LogP contribution in [0.2, 0.25) is 0 Å². The highest BCUT2D eigenvalue weighted by Crippen LogP contribution is 2.22. The molecule has 1 aromatic carbocycles. The fraction of sp³-hybridized carbons (Fsp3) is 0.250. The molecular weight excluding hydrogens is 252 g/mol. The van der Waals surface area contributed by atoms with Crippen molar-refractivity contribution in [1.82, 2.24) is 5.16 Å². The third-order valence-corrected chi connectivity index (χ3v) is 3.01. The molecule has 20 heavy (non-hydrogen) atoms. The molecule has 1 amide bonds. The van der Waals surface area contributed by atoms with Gasteiger partial charge < -0.3 is 4.52 Å². The van der Waals surface area contributed by atoms with Crippen molar-refractivity contribution in [3.8, 4) is 11.3 Å². The van der Waals surface area contributed by atoms with E-state index in [2.05, 4.69) is 36.1 Å². The van der Waals surface area contributed by atoms with Crippen LogP contribution in [0.25, 0.3) is 11.3 Å². The fourth-order valence-electron chi connectivity index (χ4n) is 1.81. The number of benzene rings is 1. The highest BCUT2D eigenvalue weighted by Gasteiger charge is 2.09. The second-order valence-corrected chi connectivity index (χ2v) is 4.50. The lowest BCUT2D eigenvalue weighted by Crippen LogP contribution is -2.09. The molecule has 0 saturated heterocycles. The minimum absolute atomic E-state index is 0.103. The van der Waals surface area contributed by atoms with Gasteiger partial charge in [-0.2, -0.15) is 0 Å². The first-order valence-electron chi connectivity index (χ1n) is 6.69. The third kappa shape index (κ3) is 3.57. The van der Waals surface area contributed by atoms with Gasteiger partial charge in [-0.25, -0.2) is 0 Å². The molecule has 4 heteroatoms. The zero-order valence-corrected chi connectivity index (χ0v) is 11.6. The summed E-state index contributed by atoms with van der Waals surface area (Å²) < 4.78 is 5.12. The first-order valence-corrected chi connectivity index (χ1v) is 6.69. The fourth-order valence-corrected chi connectivity index (χ4v) is 1.81. The normalized spacial score (nSPS) is 10.2. The summed E-state index contributed by atoms with van der Waals surface area (Å²) in [7, 11) is 0. The molecule has 0 unspecified atom stereocenters. The maximum absolute atomic E-state index is 11.6. The minimum atomic E-state index is -0.103. The van der Waals surface area contributed by atoms with E-state index in [1.807, 2.05) is 12.1 Å². The number of rotatable bonds is 6. The van der Waals surface area contributed by atoms with Gasteiger partial charge in [-0.3, -0.25) is 10.1 Å². The molecule has 0 bridgehead atoms. The predicted octanol–water partition coefficient (Wildman–Crippen LogP) is 3.81. The molecule has 4 nitrogen and oxygen atoms in total. The molecule has 0 saturated carbocycles. The number of aryl methyl sites for hydroxylation is 1. The van der Waals surface area contributed by atoms with E-state index < -0.39 is 0 Å². The number of anilines is 1. The van der Waals surface area contributed by atoms with E-state index in [-0.39, 0.29) is 5.91 Å². The number of aromatic nitrogens is 1. The number of amides is 1. The summed E-state index contributed by atoms with van der Waals surface area (Å²) in [6.07, 6.45) is 3.75. The van der Waals surface area contributed by atoms with Gasteiger partial charge in [0.05, 0.1) is 0 Å². The molecule has 2 aromatic rings. The smallest absolute Gasteiger partial charge is 0.231 e. The molecular formula is C16H18N2O2. The maximum atomic E-state index is 11.6. The number of hydrogen-bond acceptors (Lipinski definition) is 3. The van der Waals surface area contributed by atoms with Crippen LogP contribution in [0.3, 0.4) is 0 Å². The largest absolute Gasteiger partial charge is 0.338 e. The van der Waals surface area contributed by atoms with Crippen molar-refractivity contribution < 1.29 is 9.32 Å². The lowest BCUT2D eigenvalue weighted by molar-refractivity contribution is -0.116. The van der Waals surface area contributed by atoms with Crippen LogP contribution in [-0.4, -0.2) is 11.1 Å².